The van der Waals surface area contributed by atoms with Gasteiger partial charge in [-0.15, -0.1) is 0 Å². The highest BCUT2D eigenvalue weighted by Crippen LogP contribution is 2.43. The number of para-hydroxylation sites is 4. The Balaban J connectivity index is 1.34. The maximum atomic E-state index is 14.3. The second kappa shape index (κ2) is 10.8. The Morgan fingerprint density at radius 1 is 0.925 bits per heavy atom. The summed E-state index contributed by atoms with van der Waals surface area (Å²) in [5, 5.41) is 2.98. The lowest BCUT2D eigenvalue weighted by Crippen LogP contribution is -2.48. The van der Waals surface area contributed by atoms with Crippen LogP contribution in [0.1, 0.15) is 37.1 Å². The zero-order valence-corrected chi connectivity index (χ0v) is 22.6. The molecule has 6 rings (SSSR count). The van der Waals surface area contributed by atoms with Crippen molar-refractivity contribution in [2.24, 2.45) is 0 Å². The summed E-state index contributed by atoms with van der Waals surface area (Å²) < 4.78 is 13.2. The zero-order valence-electron chi connectivity index (χ0n) is 22.6. The number of carbonyl (C=O) groups is 2. The Labute approximate surface area is 233 Å². The number of urea groups is 1. The van der Waals surface area contributed by atoms with Crippen LogP contribution in [-0.2, 0) is 4.79 Å². The molecule has 2 aliphatic rings. The van der Waals surface area contributed by atoms with E-state index in [1.54, 1.807) is 12.0 Å². The summed E-state index contributed by atoms with van der Waals surface area (Å²) in [6.45, 7) is 2.34. The number of ether oxygens (including phenoxy) is 2. The standard InChI is InChI=1S/C32H32N4O4/c1-3-40-29-13-7-4-9-25(29)33-32(38)35(23-16-17-23)21-30(37)36-27-11-6-5-10-26(27)34-20-8-12-28(34)31(36)22-14-18-24(39-2)19-15-22/h4-15,18-20,23,31H,3,16-17,21H2,1-2H3,(H,33,38). The first-order valence-electron chi connectivity index (χ1n) is 13.6. The van der Waals surface area contributed by atoms with Crippen LogP contribution in [0.25, 0.3) is 5.69 Å². The molecule has 204 valence electrons. The summed E-state index contributed by atoms with van der Waals surface area (Å²) in [4.78, 5) is 31.4. The molecule has 0 saturated heterocycles. The minimum atomic E-state index is -0.369. The second-order valence-electron chi connectivity index (χ2n) is 9.95. The summed E-state index contributed by atoms with van der Waals surface area (Å²) in [6.07, 6.45) is 3.76. The molecule has 40 heavy (non-hydrogen) atoms. The number of rotatable bonds is 8. The number of amides is 3. The lowest BCUT2D eigenvalue weighted by atomic mass is 9.97. The molecule has 3 amide bonds. The largest absolute Gasteiger partial charge is 0.497 e. The predicted molar refractivity (Wildman–Crippen MR) is 154 cm³/mol. The number of nitrogens with zero attached hydrogens (tertiary/aromatic N) is 3. The van der Waals surface area contributed by atoms with Crippen molar-refractivity contribution in [3.05, 3.63) is 102 Å². The number of carbonyl (C=O) groups excluding carboxylic acids is 2. The highest BCUT2D eigenvalue weighted by molar-refractivity contribution is 6.02. The van der Waals surface area contributed by atoms with Crippen molar-refractivity contribution in [1.82, 2.24) is 9.47 Å². The van der Waals surface area contributed by atoms with E-state index in [0.29, 0.717) is 18.0 Å². The summed E-state index contributed by atoms with van der Waals surface area (Å²) in [7, 11) is 1.64. The quantitative estimate of drug-likeness (QED) is 0.299. The highest BCUT2D eigenvalue weighted by atomic mass is 16.5. The molecule has 1 saturated carbocycles. The zero-order chi connectivity index (χ0) is 27.6. The van der Waals surface area contributed by atoms with Crippen LogP contribution in [0.15, 0.2) is 91.1 Å². The van der Waals surface area contributed by atoms with E-state index in [9.17, 15) is 9.59 Å². The van der Waals surface area contributed by atoms with Crippen molar-refractivity contribution in [3.8, 4) is 17.2 Å². The molecular weight excluding hydrogens is 504 g/mol. The molecule has 1 atom stereocenters. The number of nitrogens with one attached hydrogen (secondary N) is 1. The van der Waals surface area contributed by atoms with Gasteiger partial charge in [0.2, 0.25) is 5.91 Å². The Morgan fingerprint density at radius 3 is 2.38 bits per heavy atom. The van der Waals surface area contributed by atoms with E-state index < -0.39 is 0 Å². The molecule has 3 aromatic carbocycles. The maximum Gasteiger partial charge on any atom is 0.322 e. The maximum absolute atomic E-state index is 14.3. The number of fused-ring (bicyclic) bond motifs is 3. The lowest BCUT2D eigenvalue weighted by molar-refractivity contribution is -0.119. The molecule has 0 spiro atoms. The molecule has 1 unspecified atom stereocenters. The average molecular weight is 537 g/mol. The number of aromatic nitrogens is 1. The topological polar surface area (TPSA) is 76.0 Å². The molecule has 0 bridgehead atoms. The van der Waals surface area contributed by atoms with Gasteiger partial charge in [0, 0.05) is 12.2 Å². The van der Waals surface area contributed by atoms with Crippen molar-refractivity contribution >= 4 is 23.3 Å². The van der Waals surface area contributed by atoms with Crippen LogP contribution >= 0.6 is 0 Å². The predicted octanol–water partition coefficient (Wildman–Crippen LogP) is 6.02. The SMILES string of the molecule is CCOc1ccccc1NC(=O)N(CC(=O)N1c2ccccc2-n2cccc2C1c1ccc(OC)cc1)C1CC1. The van der Waals surface area contributed by atoms with Crippen LogP contribution in [0.5, 0.6) is 11.5 Å². The molecular formula is C32H32N4O4. The van der Waals surface area contributed by atoms with Gasteiger partial charge in [-0.05, 0) is 73.9 Å². The second-order valence-corrected chi connectivity index (χ2v) is 9.95. The van der Waals surface area contributed by atoms with Gasteiger partial charge in [-0.3, -0.25) is 9.69 Å². The molecule has 1 aromatic heterocycles. The molecule has 1 fully saturated rings. The summed E-state index contributed by atoms with van der Waals surface area (Å²) in [5.41, 5.74) is 4.25. The number of hydrogen-bond acceptors (Lipinski definition) is 4. The van der Waals surface area contributed by atoms with Gasteiger partial charge in [0.25, 0.3) is 0 Å². The number of hydrogen-bond donors (Lipinski definition) is 1. The van der Waals surface area contributed by atoms with Crippen LogP contribution in [0.3, 0.4) is 0 Å². The first kappa shape index (κ1) is 25.6. The lowest BCUT2D eigenvalue weighted by Gasteiger charge is -2.39. The van der Waals surface area contributed by atoms with Crippen molar-refractivity contribution in [2.75, 3.05) is 30.5 Å². The fourth-order valence-electron chi connectivity index (χ4n) is 5.38. The molecule has 8 heteroatoms. The molecule has 8 nitrogen and oxygen atoms in total. The molecule has 1 N–H and O–H groups in total. The minimum Gasteiger partial charge on any atom is -0.497 e. The van der Waals surface area contributed by atoms with Crippen LogP contribution in [0, 0.1) is 0 Å². The molecule has 1 aliphatic carbocycles. The molecule has 1 aliphatic heterocycles. The Bertz CT molecular complexity index is 1530. The Hall–Kier alpha value is -4.72. The van der Waals surface area contributed by atoms with E-state index in [4.69, 9.17) is 9.47 Å². The fourth-order valence-corrected chi connectivity index (χ4v) is 5.38. The van der Waals surface area contributed by atoms with Crippen LogP contribution in [0.4, 0.5) is 16.2 Å². The van der Waals surface area contributed by atoms with Gasteiger partial charge in [-0.25, -0.2) is 4.79 Å². The number of methoxy groups -OCH3 is 1. The monoisotopic (exact) mass is 536 g/mol. The van der Waals surface area contributed by atoms with Gasteiger partial charge in [0.1, 0.15) is 24.1 Å². The van der Waals surface area contributed by atoms with Crippen molar-refractivity contribution in [3.63, 3.8) is 0 Å². The number of anilines is 2. The Morgan fingerprint density at radius 2 is 1.65 bits per heavy atom. The third kappa shape index (κ3) is 4.77. The van der Waals surface area contributed by atoms with E-state index in [2.05, 4.69) is 9.88 Å². The average Bonchev–Trinajstić information content (AvgIpc) is 3.71. The fraction of sp³-hybridized carbons (Fsp3) is 0.250. The van der Waals surface area contributed by atoms with Crippen LogP contribution < -0.4 is 19.7 Å². The highest BCUT2D eigenvalue weighted by Gasteiger charge is 2.40. The Kier molecular flexibility index (Phi) is 6.90. The van der Waals surface area contributed by atoms with E-state index in [1.165, 1.54) is 0 Å². The van der Waals surface area contributed by atoms with Crippen LogP contribution in [0.2, 0.25) is 0 Å². The van der Waals surface area contributed by atoms with Gasteiger partial charge in [0.05, 0.1) is 36.5 Å². The first-order chi connectivity index (χ1) is 19.6. The van der Waals surface area contributed by atoms with Gasteiger partial charge < -0.3 is 24.3 Å². The third-order valence-corrected chi connectivity index (χ3v) is 7.40. The normalized spacial score (nSPS) is 15.6. The van der Waals surface area contributed by atoms with Gasteiger partial charge in [0.15, 0.2) is 0 Å². The third-order valence-electron chi connectivity index (χ3n) is 7.40. The first-order valence-corrected chi connectivity index (χ1v) is 13.6. The van der Waals surface area contributed by atoms with E-state index in [-0.39, 0.29) is 30.6 Å². The van der Waals surface area contributed by atoms with Crippen molar-refractivity contribution < 1.29 is 19.1 Å². The number of benzene rings is 3. The van der Waals surface area contributed by atoms with Gasteiger partial charge >= 0.3 is 6.03 Å². The van der Waals surface area contributed by atoms with E-state index in [0.717, 1.165) is 41.2 Å². The van der Waals surface area contributed by atoms with E-state index >= 15 is 0 Å². The molecule has 0 radical (unpaired) electrons. The van der Waals surface area contributed by atoms with Crippen molar-refractivity contribution in [2.45, 2.75) is 31.8 Å². The summed E-state index contributed by atoms with van der Waals surface area (Å²) in [6, 6.07) is 26.4. The smallest absolute Gasteiger partial charge is 0.322 e. The van der Waals surface area contributed by atoms with Gasteiger partial charge in [-0.1, -0.05) is 36.4 Å². The summed E-state index contributed by atoms with van der Waals surface area (Å²) >= 11 is 0. The van der Waals surface area contributed by atoms with Crippen LogP contribution in [-0.4, -0.2) is 47.7 Å². The minimum absolute atomic E-state index is 0.0199. The molecule has 4 aromatic rings. The van der Waals surface area contributed by atoms with E-state index in [1.807, 2.05) is 103 Å². The summed E-state index contributed by atoms with van der Waals surface area (Å²) in [5.74, 6) is 1.20. The van der Waals surface area contributed by atoms with Crippen molar-refractivity contribution in [1.29, 1.82) is 0 Å². The molecule has 2 heterocycles. The van der Waals surface area contributed by atoms with Gasteiger partial charge in [-0.2, -0.15) is 0 Å².